The molecule has 39 heavy (non-hydrogen) atoms. The van der Waals surface area contributed by atoms with Crippen molar-refractivity contribution in [2.45, 2.75) is 127 Å². The molecule has 0 aliphatic carbocycles. The summed E-state index contributed by atoms with van der Waals surface area (Å²) in [4.78, 5) is 24.4. The topological polar surface area (TPSA) is 151 Å². The van der Waals surface area contributed by atoms with Crippen molar-refractivity contribution in [1.29, 1.82) is 0 Å². The normalized spacial score (nSPS) is 13.1. The third kappa shape index (κ3) is 21.9. The molecule has 0 spiro atoms. The van der Waals surface area contributed by atoms with E-state index < -0.39 is 46.4 Å². The van der Waals surface area contributed by atoms with Crippen LogP contribution in [0.1, 0.15) is 116 Å². The molecule has 0 radical (unpaired) electrons. The summed E-state index contributed by atoms with van der Waals surface area (Å²) in [5, 5.41) is 7.73. The second kappa shape index (κ2) is 25.4. The number of esters is 2. The minimum atomic E-state index is -4.61. The fourth-order valence-electron chi connectivity index (χ4n) is 4.02. The first-order chi connectivity index (χ1) is 18.8. The van der Waals surface area contributed by atoms with Gasteiger partial charge in [-0.15, -0.1) is 6.58 Å². The zero-order valence-corrected chi connectivity index (χ0v) is 24.8. The number of hydrogen-bond donors (Lipinski definition) is 2. The molecule has 11 heteroatoms. The molecule has 230 valence electrons. The van der Waals surface area contributed by atoms with E-state index in [9.17, 15) is 23.1 Å². The molecule has 0 saturated carbocycles. The Morgan fingerprint density at radius 2 is 1.31 bits per heavy atom. The zero-order chi connectivity index (χ0) is 29.2. The lowest BCUT2D eigenvalue weighted by molar-refractivity contribution is -0.152. The molecule has 0 bridgehead atoms. The molecule has 0 aromatic rings. The highest BCUT2D eigenvalue weighted by Crippen LogP contribution is 2.15. The molecule has 0 amide bonds. The first kappa shape index (κ1) is 37.5. The van der Waals surface area contributed by atoms with E-state index >= 15 is 0 Å². The number of carbonyl (C=O) groups excluding carboxylic acids is 2. The second-order valence-electron chi connectivity index (χ2n) is 9.92. The fraction of sp³-hybridized carbons (Fsp3) is 0.857. The standard InChI is InChI=1S/C28H53NO9S/c1-3-5-6-7-8-9-10-11-12-13-14-15-16-17-18-19-21-36-27(31)22-26(39(33,34)38-29)28(32)37-24-25(30)23-35-20-4-2/h4,25-26,30H,2-3,5-24,29H2,1H3. The number of unbranched alkanes of at least 4 members (excludes halogenated alkanes) is 15. The minimum absolute atomic E-state index is 0.127. The molecule has 2 atom stereocenters. The van der Waals surface area contributed by atoms with Crippen molar-refractivity contribution in [2.75, 3.05) is 26.4 Å². The average Bonchev–Trinajstić information content (AvgIpc) is 2.92. The number of carbonyl (C=O) groups is 2. The van der Waals surface area contributed by atoms with Gasteiger partial charge in [-0.25, -0.2) is 0 Å². The van der Waals surface area contributed by atoms with E-state index in [4.69, 9.17) is 20.1 Å². The molecule has 0 aliphatic rings. The van der Waals surface area contributed by atoms with Crippen molar-refractivity contribution in [2.24, 2.45) is 5.90 Å². The number of nitrogens with two attached hydrogens (primary N) is 1. The van der Waals surface area contributed by atoms with Gasteiger partial charge in [0.1, 0.15) is 12.7 Å². The fourth-order valence-corrected chi connectivity index (χ4v) is 4.80. The van der Waals surface area contributed by atoms with E-state index in [1.165, 1.54) is 83.1 Å². The quantitative estimate of drug-likeness (QED) is 0.0568. The summed E-state index contributed by atoms with van der Waals surface area (Å²) < 4.78 is 42.8. The molecular formula is C28H53NO9S. The Balaban J connectivity index is 3.95. The van der Waals surface area contributed by atoms with Gasteiger partial charge in [0.15, 0.2) is 5.25 Å². The van der Waals surface area contributed by atoms with Gasteiger partial charge in [0.05, 0.1) is 26.2 Å². The molecule has 0 aliphatic heterocycles. The summed E-state index contributed by atoms with van der Waals surface area (Å²) >= 11 is 0. The van der Waals surface area contributed by atoms with Crippen molar-refractivity contribution in [3.05, 3.63) is 12.7 Å². The molecule has 0 aromatic carbocycles. The maximum atomic E-state index is 12.2. The molecule has 0 saturated heterocycles. The Morgan fingerprint density at radius 1 is 0.821 bits per heavy atom. The van der Waals surface area contributed by atoms with Crippen LogP contribution < -0.4 is 5.90 Å². The molecule has 0 heterocycles. The first-order valence-corrected chi connectivity index (χ1v) is 16.1. The van der Waals surface area contributed by atoms with Crippen molar-refractivity contribution >= 4 is 22.1 Å². The first-order valence-electron chi connectivity index (χ1n) is 14.6. The monoisotopic (exact) mass is 579 g/mol. The molecule has 10 nitrogen and oxygen atoms in total. The summed E-state index contributed by atoms with van der Waals surface area (Å²) in [7, 11) is -4.61. The molecule has 0 aromatic heterocycles. The maximum Gasteiger partial charge on any atom is 0.327 e. The average molecular weight is 580 g/mol. The van der Waals surface area contributed by atoms with Gasteiger partial charge in [-0.3, -0.25) is 9.59 Å². The van der Waals surface area contributed by atoms with Gasteiger partial charge in [-0.1, -0.05) is 109 Å². The van der Waals surface area contributed by atoms with Gasteiger partial charge in [0.2, 0.25) is 0 Å². The molecule has 0 rings (SSSR count). The van der Waals surface area contributed by atoms with Crippen LogP contribution in [0.25, 0.3) is 0 Å². The van der Waals surface area contributed by atoms with Crippen molar-refractivity contribution < 1.29 is 41.6 Å². The SMILES string of the molecule is C=CCOCC(O)COC(=O)C(CC(=O)OCCCCCCCCCCCCCCCCCC)S(=O)(=O)ON. The summed E-state index contributed by atoms with van der Waals surface area (Å²) in [5.74, 6) is 2.62. The number of hydrogen-bond acceptors (Lipinski definition) is 10. The van der Waals surface area contributed by atoms with Crippen LogP contribution in [0.3, 0.4) is 0 Å². The van der Waals surface area contributed by atoms with Crippen LogP contribution in [-0.2, 0) is 38.2 Å². The van der Waals surface area contributed by atoms with Crippen molar-refractivity contribution in [3.8, 4) is 0 Å². The van der Waals surface area contributed by atoms with E-state index in [2.05, 4.69) is 17.8 Å². The summed E-state index contributed by atoms with van der Waals surface area (Å²) in [6.45, 7) is 5.34. The Bertz CT molecular complexity index is 731. The van der Waals surface area contributed by atoms with Crippen LogP contribution in [0.2, 0.25) is 0 Å². The molecule has 0 fully saturated rings. The van der Waals surface area contributed by atoms with Crippen LogP contribution in [0.5, 0.6) is 0 Å². The van der Waals surface area contributed by atoms with E-state index in [-0.39, 0.29) is 19.8 Å². The Kier molecular flexibility index (Phi) is 24.4. The van der Waals surface area contributed by atoms with E-state index in [0.717, 1.165) is 19.3 Å². The molecule has 2 unspecified atom stereocenters. The summed E-state index contributed by atoms with van der Waals surface area (Å²) in [6, 6.07) is 0. The lowest BCUT2D eigenvalue weighted by atomic mass is 10.0. The van der Waals surface area contributed by atoms with Crippen molar-refractivity contribution in [1.82, 2.24) is 0 Å². The smallest absolute Gasteiger partial charge is 0.327 e. The highest BCUT2D eigenvalue weighted by Gasteiger charge is 2.38. The number of rotatable bonds is 28. The largest absolute Gasteiger partial charge is 0.466 e. The van der Waals surface area contributed by atoms with Gasteiger partial charge >= 0.3 is 11.9 Å². The van der Waals surface area contributed by atoms with Gasteiger partial charge in [-0.05, 0) is 6.42 Å². The van der Waals surface area contributed by atoms with E-state index in [1.54, 1.807) is 0 Å². The van der Waals surface area contributed by atoms with Crippen molar-refractivity contribution in [3.63, 3.8) is 0 Å². The van der Waals surface area contributed by atoms with Gasteiger partial charge in [0.25, 0.3) is 10.1 Å². The van der Waals surface area contributed by atoms with Crippen LogP contribution in [0.15, 0.2) is 12.7 Å². The highest BCUT2D eigenvalue weighted by atomic mass is 32.2. The number of aliphatic hydroxyl groups excluding tert-OH is 1. The molecule has 3 N–H and O–H groups in total. The lowest BCUT2D eigenvalue weighted by Crippen LogP contribution is -2.38. The highest BCUT2D eigenvalue weighted by molar-refractivity contribution is 7.88. The maximum absolute atomic E-state index is 12.2. The minimum Gasteiger partial charge on any atom is -0.466 e. The summed E-state index contributed by atoms with van der Waals surface area (Å²) in [5.41, 5.74) is 0. The van der Waals surface area contributed by atoms with Gasteiger partial charge in [-0.2, -0.15) is 18.6 Å². The van der Waals surface area contributed by atoms with Crippen LogP contribution in [0.4, 0.5) is 0 Å². The summed E-state index contributed by atoms with van der Waals surface area (Å²) in [6.07, 6.45) is 19.1. The van der Waals surface area contributed by atoms with Crippen LogP contribution in [-0.4, -0.2) is 63.2 Å². The van der Waals surface area contributed by atoms with E-state index in [1.807, 2.05) is 0 Å². The molecular weight excluding hydrogens is 526 g/mol. The Labute approximate surface area is 236 Å². The predicted octanol–water partition coefficient (Wildman–Crippen LogP) is 4.88. The van der Waals surface area contributed by atoms with E-state index in [0.29, 0.717) is 6.42 Å². The Hall–Kier alpha value is -1.53. The number of ether oxygens (including phenoxy) is 3. The van der Waals surface area contributed by atoms with Crippen LogP contribution in [0, 0.1) is 0 Å². The third-order valence-electron chi connectivity index (χ3n) is 6.32. The lowest BCUT2D eigenvalue weighted by Gasteiger charge is -2.16. The zero-order valence-electron chi connectivity index (χ0n) is 24.0. The number of aliphatic hydroxyl groups is 1. The van der Waals surface area contributed by atoms with Gasteiger partial charge in [0, 0.05) is 0 Å². The van der Waals surface area contributed by atoms with Crippen LogP contribution >= 0.6 is 0 Å². The Morgan fingerprint density at radius 3 is 1.77 bits per heavy atom. The second-order valence-corrected chi connectivity index (χ2v) is 11.7. The third-order valence-corrected chi connectivity index (χ3v) is 7.65. The predicted molar refractivity (Wildman–Crippen MR) is 151 cm³/mol. The van der Waals surface area contributed by atoms with Gasteiger partial charge < -0.3 is 19.3 Å².